The SMILES string of the molecule is CC(C)CC(=O)N1C[C@@H]2CN(c3cccc4c3cnn4-c3ccccc3F)C(=O)[C@H]2C1. The second kappa shape index (κ2) is 7.48. The van der Waals surface area contributed by atoms with Gasteiger partial charge in [-0.3, -0.25) is 9.59 Å². The first-order chi connectivity index (χ1) is 14.9. The van der Waals surface area contributed by atoms with E-state index in [1.807, 2.05) is 41.8 Å². The van der Waals surface area contributed by atoms with Gasteiger partial charge in [0.15, 0.2) is 0 Å². The largest absolute Gasteiger partial charge is 0.342 e. The molecule has 2 fully saturated rings. The summed E-state index contributed by atoms with van der Waals surface area (Å²) in [6.45, 7) is 5.77. The van der Waals surface area contributed by atoms with E-state index in [-0.39, 0.29) is 29.5 Å². The lowest BCUT2D eigenvalue weighted by Crippen LogP contribution is -2.36. The molecule has 0 spiro atoms. The van der Waals surface area contributed by atoms with Crippen LogP contribution in [-0.2, 0) is 9.59 Å². The maximum absolute atomic E-state index is 14.3. The molecule has 3 aromatic rings. The summed E-state index contributed by atoms with van der Waals surface area (Å²) in [6.07, 6.45) is 2.21. The smallest absolute Gasteiger partial charge is 0.232 e. The summed E-state index contributed by atoms with van der Waals surface area (Å²) in [5.74, 6) is 0.126. The van der Waals surface area contributed by atoms with Gasteiger partial charge in [-0.25, -0.2) is 9.07 Å². The fourth-order valence-electron chi connectivity index (χ4n) is 4.85. The normalized spacial score (nSPS) is 20.8. The minimum Gasteiger partial charge on any atom is -0.342 e. The highest BCUT2D eigenvalue weighted by atomic mass is 19.1. The van der Waals surface area contributed by atoms with Gasteiger partial charge in [0.25, 0.3) is 0 Å². The molecule has 1 aromatic heterocycles. The highest BCUT2D eigenvalue weighted by molar-refractivity contribution is 6.05. The van der Waals surface area contributed by atoms with Crippen LogP contribution in [0.3, 0.4) is 0 Å². The van der Waals surface area contributed by atoms with Crippen LogP contribution in [0, 0.1) is 23.6 Å². The van der Waals surface area contributed by atoms with Gasteiger partial charge in [-0.15, -0.1) is 0 Å². The Labute approximate surface area is 180 Å². The molecule has 6 nitrogen and oxygen atoms in total. The first-order valence-corrected chi connectivity index (χ1v) is 10.7. The zero-order valence-electron chi connectivity index (χ0n) is 17.7. The van der Waals surface area contributed by atoms with Crippen molar-refractivity contribution in [2.45, 2.75) is 20.3 Å². The van der Waals surface area contributed by atoms with E-state index in [4.69, 9.17) is 0 Å². The van der Waals surface area contributed by atoms with Crippen LogP contribution >= 0.6 is 0 Å². The maximum Gasteiger partial charge on any atom is 0.232 e. The Morgan fingerprint density at radius 1 is 1.10 bits per heavy atom. The number of hydrogen-bond acceptors (Lipinski definition) is 3. The molecule has 7 heteroatoms. The molecule has 0 aliphatic carbocycles. The Balaban J connectivity index is 1.43. The van der Waals surface area contributed by atoms with Gasteiger partial charge < -0.3 is 9.80 Å². The number of fused-ring (bicyclic) bond motifs is 2. The van der Waals surface area contributed by atoms with E-state index in [9.17, 15) is 14.0 Å². The summed E-state index contributed by atoms with van der Waals surface area (Å²) >= 11 is 0. The van der Waals surface area contributed by atoms with Crippen molar-refractivity contribution in [3.8, 4) is 5.69 Å². The number of carbonyl (C=O) groups is 2. The minimum absolute atomic E-state index is 0.0518. The third-order valence-electron chi connectivity index (χ3n) is 6.34. The first kappa shape index (κ1) is 19.7. The van der Waals surface area contributed by atoms with Crippen LogP contribution in [0.25, 0.3) is 16.6 Å². The van der Waals surface area contributed by atoms with Crippen molar-refractivity contribution in [3.63, 3.8) is 0 Å². The molecule has 0 N–H and O–H groups in total. The third-order valence-corrected chi connectivity index (χ3v) is 6.34. The number of likely N-dealkylation sites (tertiary alicyclic amines) is 1. The van der Waals surface area contributed by atoms with E-state index in [1.165, 1.54) is 6.07 Å². The Morgan fingerprint density at radius 2 is 1.87 bits per heavy atom. The molecule has 5 rings (SSSR count). The highest BCUT2D eigenvalue weighted by Crippen LogP contribution is 2.38. The second-order valence-electron chi connectivity index (χ2n) is 8.93. The van der Waals surface area contributed by atoms with Gasteiger partial charge in [0, 0.05) is 37.4 Å². The predicted octanol–water partition coefficient (Wildman–Crippen LogP) is 3.63. The number of carbonyl (C=O) groups excluding carboxylic acids is 2. The molecule has 0 bridgehead atoms. The van der Waals surface area contributed by atoms with Crippen LogP contribution in [0.2, 0.25) is 0 Å². The molecule has 160 valence electrons. The summed E-state index contributed by atoms with van der Waals surface area (Å²) in [5, 5.41) is 5.22. The minimum atomic E-state index is -0.351. The topological polar surface area (TPSA) is 58.4 Å². The van der Waals surface area contributed by atoms with Crippen LogP contribution in [0.4, 0.5) is 10.1 Å². The van der Waals surface area contributed by atoms with Gasteiger partial charge in [-0.05, 0) is 30.2 Å². The number of amides is 2. The molecule has 0 radical (unpaired) electrons. The van der Waals surface area contributed by atoms with Gasteiger partial charge in [0.2, 0.25) is 11.8 Å². The number of halogens is 1. The zero-order chi connectivity index (χ0) is 21.7. The number of benzene rings is 2. The van der Waals surface area contributed by atoms with E-state index in [0.717, 1.165) is 16.6 Å². The second-order valence-corrected chi connectivity index (χ2v) is 8.93. The van der Waals surface area contributed by atoms with Crippen molar-refractivity contribution in [1.82, 2.24) is 14.7 Å². The molecular formula is C24H25FN4O2. The number of anilines is 1. The summed E-state index contributed by atoms with van der Waals surface area (Å²) in [6, 6.07) is 12.2. The Kier molecular flexibility index (Phi) is 4.76. The quantitative estimate of drug-likeness (QED) is 0.648. The fourth-order valence-corrected chi connectivity index (χ4v) is 4.85. The lowest BCUT2D eigenvalue weighted by Gasteiger charge is -2.23. The number of aromatic nitrogens is 2. The molecule has 2 aliphatic heterocycles. The molecule has 2 atom stereocenters. The van der Waals surface area contributed by atoms with Crippen LogP contribution in [0.5, 0.6) is 0 Å². The van der Waals surface area contributed by atoms with Crippen molar-refractivity contribution in [3.05, 3.63) is 54.5 Å². The highest BCUT2D eigenvalue weighted by Gasteiger charge is 2.48. The van der Waals surface area contributed by atoms with Crippen LogP contribution in [0.1, 0.15) is 20.3 Å². The van der Waals surface area contributed by atoms with E-state index in [0.29, 0.717) is 37.7 Å². The molecule has 2 aromatic carbocycles. The summed E-state index contributed by atoms with van der Waals surface area (Å²) in [4.78, 5) is 29.4. The Morgan fingerprint density at radius 3 is 2.61 bits per heavy atom. The first-order valence-electron chi connectivity index (χ1n) is 10.7. The van der Waals surface area contributed by atoms with Gasteiger partial charge in [-0.1, -0.05) is 32.0 Å². The van der Waals surface area contributed by atoms with Crippen molar-refractivity contribution >= 4 is 28.4 Å². The van der Waals surface area contributed by atoms with Gasteiger partial charge in [-0.2, -0.15) is 5.10 Å². The van der Waals surface area contributed by atoms with Crippen LogP contribution in [-0.4, -0.2) is 46.1 Å². The molecule has 0 saturated carbocycles. The number of rotatable bonds is 4. The number of para-hydroxylation sites is 1. The summed E-state index contributed by atoms with van der Waals surface area (Å²) < 4.78 is 15.9. The van der Waals surface area contributed by atoms with E-state index >= 15 is 0 Å². The lowest BCUT2D eigenvalue weighted by molar-refractivity contribution is -0.131. The monoisotopic (exact) mass is 420 g/mol. The van der Waals surface area contributed by atoms with Crippen molar-refractivity contribution in [2.24, 2.45) is 17.8 Å². The molecule has 2 amide bonds. The molecule has 0 unspecified atom stereocenters. The predicted molar refractivity (Wildman–Crippen MR) is 116 cm³/mol. The molecule has 2 saturated heterocycles. The lowest BCUT2D eigenvalue weighted by atomic mass is 10.0. The van der Waals surface area contributed by atoms with Gasteiger partial charge in [0.05, 0.1) is 23.3 Å². The summed E-state index contributed by atoms with van der Waals surface area (Å²) in [7, 11) is 0. The van der Waals surface area contributed by atoms with Crippen LogP contribution in [0.15, 0.2) is 48.7 Å². The van der Waals surface area contributed by atoms with E-state index < -0.39 is 0 Å². The van der Waals surface area contributed by atoms with Crippen molar-refractivity contribution in [2.75, 3.05) is 24.5 Å². The molecular weight excluding hydrogens is 395 g/mol. The van der Waals surface area contributed by atoms with Crippen molar-refractivity contribution < 1.29 is 14.0 Å². The molecule has 3 heterocycles. The summed E-state index contributed by atoms with van der Waals surface area (Å²) in [5.41, 5.74) is 1.92. The van der Waals surface area contributed by atoms with Gasteiger partial charge >= 0.3 is 0 Å². The van der Waals surface area contributed by atoms with Gasteiger partial charge in [0.1, 0.15) is 11.5 Å². The average molecular weight is 420 g/mol. The molecule has 31 heavy (non-hydrogen) atoms. The third kappa shape index (κ3) is 3.28. The Hall–Kier alpha value is -3.22. The average Bonchev–Trinajstić information content (AvgIpc) is 3.42. The van der Waals surface area contributed by atoms with Crippen molar-refractivity contribution in [1.29, 1.82) is 0 Å². The standard InChI is InChI=1S/C24H25FN4O2/c1-15(2)10-23(30)27-12-16-13-28(24(31)18(16)14-27)20-8-5-9-21-17(20)11-26-29(21)22-7-4-3-6-19(22)25/h3-9,11,15-16,18H,10,12-14H2,1-2H3/t16-,18+/m1/s1. The Bertz CT molecular complexity index is 1170. The van der Waals surface area contributed by atoms with E-state index in [2.05, 4.69) is 5.10 Å². The number of nitrogens with zero attached hydrogens (tertiary/aromatic N) is 4. The van der Waals surface area contributed by atoms with E-state index in [1.54, 1.807) is 29.1 Å². The number of hydrogen-bond donors (Lipinski definition) is 0. The zero-order valence-corrected chi connectivity index (χ0v) is 17.7. The van der Waals surface area contributed by atoms with Crippen LogP contribution < -0.4 is 4.90 Å². The maximum atomic E-state index is 14.3. The molecule has 2 aliphatic rings. The fraction of sp³-hybridized carbons (Fsp3) is 0.375.